The number of hydrogen-bond acceptors (Lipinski definition) is 5. The number of furan rings is 1. The van der Waals surface area contributed by atoms with E-state index in [-0.39, 0.29) is 18.2 Å². The monoisotopic (exact) mass is 267 g/mol. The molecule has 0 saturated heterocycles. The van der Waals surface area contributed by atoms with Gasteiger partial charge in [0.15, 0.2) is 0 Å². The third-order valence-corrected chi connectivity index (χ3v) is 3.57. The Balaban J connectivity index is 2.08. The van der Waals surface area contributed by atoms with Gasteiger partial charge in [0, 0.05) is 18.9 Å². The molecule has 0 aromatic carbocycles. The summed E-state index contributed by atoms with van der Waals surface area (Å²) in [6.45, 7) is 0.326. The van der Waals surface area contributed by atoms with E-state index in [9.17, 15) is 8.42 Å². The minimum Gasteiger partial charge on any atom is -0.447 e. The first kappa shape index (κ1) is 12.7. The molecule has 0 radical (unpaired) electrons. The zero-order valence-corrected chi connectivity index (χ0v) is 10.4. The highest BCUT2D eigenvalue weighted by atomic mass is 32.2. The van der Waals surface area contributed by atoms with Crippen molar-refractivity contribution in [3.63, 3.8) is 0 Å². The molecule has 0 bridgehead atoms. The molecule has 0 saturated carbocycles. The van der Waals surface area contributed by atoms with Gasteiger partial charge < -0.3 is 10.2 Å². The molecular weight excluding hydrogens is 254 g/mol. The van der Waals surface area contributed by atoms with E-state index in [0.29, 0.717) is 5.76 Å². The largest absolute Gasteiger partial charge is 0.447 e. The molecule has 0 unspecified atom stereocenters. The van der Waals surface area contributed by atoms with E-state index < -0.39 is 10.0 Å². The summed E-state index contributed by atoms with van der Waals surface area (Å²) in [5, 5.41) is -0.133. The summed E-state index contributed by atoms with van der Waals surface area (Å²) in [6, 6.07) is 6.44. The van der Waals surface area contributed by atoms with Crippen molar-refractivity contribution in [1.29, 1.82) is 0 Å². The van der Waals surface area contributed by atoms with Gasteiger partial charge in [-0.1, -0.05) is 6.07 Å². The second-order valence-corrected chi connectivity index (χ2v) is 5.31. The van der Waals surface area contributed by atoms with Crippen LogP contribution in [-0.4, -0.2) is 13.4 Å². The van der Waals surface area contributed by atoms with Crippen LogP contribution in [-0.2, 0) is 23.1 Å². The second-order valence-electron chi connectivity index (χ2n) is 3.61. The van der Waals surface area contributed by atoms with Crippen molar-refractivity contribution in [2.75, 3.05) is 0 Å². The maximum atomic E-state index is 11.9. The Labute approximate surface area is 105 Å². The summed E-state index contributed by atoms with van der Waals surface area (Å²) in [6.07, 6.45) is 3.22. The van der Waals surface area contributed by atoms with Crippen molar-refractivity contribution in [3.8, 4) is 0 Å². The molecule has 7 heteroatoms. The predicted octanol–water partition coefficient (Wildman–Crippen LogP) is 0.612. The average molecular weight is 267 g/mol. The van der Waals surface area contributed by atoms with Gasteiger partial charge in [0.2, 0.25) is 5.09 Å². The number of nitrogens with two attached hydrogens (primary N) is 1. The van der Waals surface area contributed by atoms with E-state index in [0.717, 1.165) is 5.56 Å². The van der Waals surface area contributed by atoms with E-state index in [4.69, 9.17) is 10.2 Å². The quantitative estimate of drug-likeness (QED) is 0.827. The van der Waals surface area contributed by atoms with E-state index in [2.05, 4.69) is 9.71 Å². The lowest BCUT2D eigenvalue weighted by Crippen LogP contribution is -2.22. The molecule has 2 aromatic rings. The maximum Gasteiger partial charge on any atom is 0.274 e. The summed E-state index contributed by atoms with van der Waals surface area (Å²) in [4.78, 5) is 3.90. The van der Waals surface area contributed by atoms with E-state index in [1.165, 1.54) is 6.07 Å². The molecule has 0 amide bonds. The molecule has 0 atom stereocenters. The smallest absolute Gasteiger partial charge is 0.274 e. The lowest BCUT2D eigenvalue weighted by atomic mass is 10.3. The first-order valence-corrected chi connectivity index (χ1v) is 6.77. The summed E-state index contributed by atoms with van der Waals surface area (Å²) >= 11 is 0. The van der Waals surface area contributed by atoms with Crippen molar-refractivity contribution < 1.29 is 12.8 Å². The average Bonchev–Trinajstić information content (AvgIpc) is 2.87. The van der Waals surface area contributed by atoms with Gasteiger partial charge in [-0.25, -0.2) is 13.1 Å². The van der Waals surface area contributed by atoms with Crippen LogP contribution in [0.3, 0.4) is 0 Å². The van der Waals surface area contributed by atoms with E-state index in [1.54, 1.807) is 30.6 Å². The number of pyridine rings is 1. The molecule has 0 aliphatic carbocycles. The topological polar surface area (TPSA) is 98.2 Å². The molecule has 2 heterocycles. The third-order valence-electron chi connectivity index (χ3n) is 2.29. The Kier molecular flexibility index (Phi) is 3.75. The van der Waals surface area contributed by atoms with Crippen LogP contribution < -0.4 is 10.5 Å². The normalized spacial score (nSPS) is 11.6. The van der Waals surface area contributed by atoms with Crippen molar-refractivity contribution >= 4 is 10.0 Å². The fraction of sp³-hybridized carbons (Fsp3) is 0.182. The molecule has 96 valence electrons. The second kappa shape index (κ2) is 5.30. The van der Waals surface area contributed by atoms with Crippen molar-refractivity contribution in [2.24, 2.45) is 5.73 Å². The van der Waals surface area contributed by atoms with Crippen LogP contribution >= 0.6 is 0 Å². The Morgan fingerprint density at radius 2 is 2.17 bits per heavy atom. The van der Waals surface area contributed by atoms with Gasteiger partial charge in [-0.3, -0.25) is 4.98 Å². The van der Waals surface area contributed by atoms with Crippen LogP contribution in [0.15, 0.2) is 46.2 Å². The Morgan fingerprint density at radius 1 is 1.33 bits per heavy atom. The molecule has 2 rings (SSSR count). The van der Waals surface area contributed by atoms with Crippen LogP contribution in [0.5, 0.6) is 0 Å². The number of sulfonamides is 1. The lowest BCUT2D eigenvalue weighted by molar-refractivity contribution is 0.412. The van der Waals surface area contributed by atoms with Crippen molar-refractivity contribution in [1.82, 2.24) is 9.71 Å². The number of hydrogen-bond donors (Lipinski definition) is 2. The number of rotatable bonds is 5. The fourth-order valence-electron chi connectivity index (χ4n) is 1.36. The van der Waals surface area contributed by atoms with Crippen LogP contribution in [0.4, 0.5) is 0 Å². The lowest BCUT2D eigenvalue weighted by Gasteiger charge is -2.03. The maximum absolute atomic E-state index is 11.9. The van der Waals surface area contributed by atoms with E-state index in [1.807, 2.05) is 0 Å². The molecule has 2 aromatic heterocycles. The zero-order valence-electron chi connectivity index (χ0n) is 9.54. The number of nitrogens with zero attached hydrogens (tertiary/aromatic N) is 1. The number of aromatic nitrogens is 1. The molecule has 0 aliphatic rings. The van der Waals surface area contributed by atoms with Crippen LogP contribution in [0.25, 0.3) is 0 Å². The van der Waals surface area contributed by atoms with Gasteiger partial charge in [-0.15, -0.1) is 0 Å². The van der Waals surface area contributed by atoms with Gasteiger partial charge in [0.25, 0.3) is 10.0 Å². The predicted molar refractivity (Wildman–Crippen MR) is 64.9 cm³/mol. The highest BCUT2D eigenvalue weighted by molar-refractivity contribution is 7.89. The summed E-state index contributed by atoms with van der Waals surface area (Å²) in [5.74, 6) is 0.428. The Hall–Kier alpha value is -1.70. The SMILES string of the molecule is NCc1ccc(S(=O)(=O)NCc2cccnc2)o1. The van der Waals surface area contributed by atoms with Gasteiger partial charge in [-0.05, 0) is 23.8 Å². The molecule has 0 fully saturated rings. The van der Waals surface area contributed by atoms with Crippen molar-refractivity contribution in [2.45, 2.75) is 18.2 Å². The standard InChI is InChI=1S/C11H13N3O3S/c12-6-10-3-4-11(17-10)18(15,16)14-8-9-2-1-5-13-7-9/h1-5,7,14H,6,8,12H2. The molecule has 18 heavy (non-hydrogen) atoms. The summed E-state index contributed by atoms with van der Waals surface area (Å²) in [7, 11) is -3.65. The van der Waals surface area contributed by atoms with Gasteiger partial charge in [0.05, 0.1) is 6.54 Å². The van der Waals surface area contributed by atoms with Crippen LogP contribution in [0.2, 0.25) is 0 Å². The molecule has 3 N–H and O–H groups in total. The Morgan fingerprint density at radius 3 is 2.78 bits per heavy atom. The van der Waals surface area contributed by atoms with Gasteiger partial charge in [-0.2, -0.15) is 0 Å². The zero-order chi connectivity index (χ0) is 13.0. The fourth-order valence-corrected chi connectivity index (χ4v) is 2.33. The van der Waals surface area contributed by atoms with Gasteiger partial charge in [0.1, 0.15) is 5.76 Å². The Bertz CT molecular complexity index is 607. The highest BCUT2D eigenvalue weighted by Gasteiger charge is 2.18. The minimum absolute atomic E-state index is 0.133. The third kappa shape index (κ3) is 2.95. The molecular formula is C11H13N3O3S. The van der Waals surface area contributed by atoms with Gasteiger partial charge >= 0.3 is 0 Å². The van der Waals surface area contributed by atoms with Crippen LogP contribution in [0, 0.1) is 0 Å². The first-order valence-electron chi connectivity index (χ1n) is 5.29. The van der Waals surface area contributed by atoms with Crippen LogP contribution in [0.1, 0.15) is 11.3 Å². The number of nitrogens with one attached hydrogen (secondary N) is 1. The molecule has 0 aliphatic heterocycles. The minimum atomic E-state index is -3.65. The highest BCUT2D eigenvalue weighted by Crippen LogP contribution is 2.13. The summed E-state index contributed by atoms with van der Waals surface area (Å²) < 4.78 is 31.3. The van der Waals surface area contributed by atoms with Crippen molar-refractivity contribution in [3.05, 3.63) is 48.0 Å². The summed E-state index contributed by atoms with van der Waals surface area (Å²) in [5.41, 5.74) is 6.12. The van der Waals surface area contributed by atoms with E-state index >= 15 is 0 Å². The first-order chi connectivity index (χ1) is 8.62. The molecule has 6 nitrogen and oxygen atoms in total. The molecule has 0 spiro atoms.